The zero-order chi connectivity index (χ0) is 35.1. The maximum absolute atomic E-state index is 2.57. The van der Waals surface area contributed by atoms with Gasteiger partial charge in [-0.3, -0.25) is 0 Å². The quantitative estimate of drug-likeness (QED) is 0.171. The van der Waals surface area contributed by atoms with E-state index in [0.717, 1.165) is 6.54 Å². The number of para-hydroxylation sites is 1. The minimum atomic E-state index is -0.389. The number of rotatable bonds is 5. The van der Waals surface area contributed by atoms with Crippen LogP contribution in [-0.2, 0) is 12.0 Å². The average Bonchev–Trinajstić information content (AvgIpc) is 3.83. The molecule has 0 amide bonds. The van der Waals surface area contributed by atoms with Crippen LogP contribution >= 0.6 is 0 Å². The third kappa shape index (κ3) is 4.25. The van der Waals surface area contributed by atoms with E-state index in [1.54, 1.807) is 0 Å². The second-order valence-electron chi connectivity index (χ2n) is 14.8. The lowest BCUT2D eigenvalue weighted by atomic mass is 9.67. The molecule has 0 fully saturated rings. The van der Waals surface area contributed by atoms with Crippen LogP contribution in [0.2, 0.25) is 0 Å². The Morgan fingerprint density at radius 3 is 1.87 bits per heavy atom. The summed E-state index contributed by atoms with van der Waals surface area (Å²) in [5.74, 6) is 0.298. The van der Waals surface area contributed by atoms with Crippen molar-refractivity contribution in [2.24, 2.45) is 0 Å². The monoisotopic (exact) mass is 675 g/mol. The fourth-order valence-electron chi connectivity index (χ4n) is 10.0. The molecule has 11 rings (SSSR count). The number of nitrogens with zero attached hydrogens (tertiary/aromatic N) is 1. The molecule has 0 aliphatic heterocycles. The minimum Gasteiger partial charge on any atom is -0.340 e. The van der Waals surface area contributed by atoms with Gasteiger partial charge in [-0.1, -0.05) is 164 Å². The van der Waals surface area contributed by atoms with Crippen molar-refractivity contribution in [3.8, 4) is 33.4 Å². The van der Waals surface area contributed by atoms with Gasteiger partial charge in [0.2, 0.25) is 0 Å². The molecule has 1 unspecified atom stereocenters. The van der Waals surface area contributed by atoms with Gasteiger partial charge in [-0.05, 0) is 104 Å². The molecule has 1 heteroatoms. The van der Waals surface area contributed by atoms with E-state index in [0.29, 0.717) is 5.92 Å². The van der Waals surface area contributed by atoms with Crippen molar-refractivity contribution in [3.63, 3.8) is 0 Å². The standard InChI is InChI=1S/C52H37N/c1-34-15-14-24-43-39-20-8-9-21-40(39)46(51(34)43)33-53-49-26-13-11-23-42(49)45-32-36(28-30-50(45)53)35-27-29-48-44(31-35)41-22-10-12-25-47(41)52(48,37-16-4-2-5-17-37)38-18-6-3-7-19-38/h2-32,46H,33H2,1H3. The average molecular weight is 676 g/mol. The van der Waals surface area contributed by atoms with Crippen LogP contribution in [0.5, 0.6) is 0 Å². The predicted octanol–water partition coefficient (Wildman–Crippen LogP) is 12.9. The van der Waals surface area contributed by atoms with Gasteiger partial charge >= 0.3 is 0 Å². The van der Waals surface area contributed by atoms with Crippen LogP contribution in [-0.4, -0.2) is 4.57 Å². The highest BCUT2D eigenvalue weighted by molar-refractivity contribution is 6.09. The molecule has 0 radical (unpaired) electrons. The summed E-state index contributed by atoms with van der Waals surface area (Å²) in [6.45, 7) is 3.17. The molecule has 0 saturated heterocycles. The minimum absolute atomic E-state index is 0.298. The van der Waals surface area contributed by atoms with Gasteiger partial charge in [0.05, 0.1) is 5.41 Å². The maximum atomic E-state index is 2.57. The number of aryl methyl sites for hydroxylation is 1. The SMILES string of the molecule is Cc1cccc2c1C(Cn1c3ccccc3c3cc(-c4ccc5c(c4)-c4ccccc4C5(c4ccccc4)c4ccccc4)ccc31)c1ccccc1-2. The van der Waals surface area contributed by atoms with Gasteiger partial charge < -0.3 is 4.57 Å². The summed E-state index contributed by atoms with van der Waals surface area (Å²) in [6, 6.07) is 70.2. The summed E-state index contributed by atoms with van der Waals surface area (Å²) in [5, 5.41) is 2.61. The summed E-state index contributed by atoms with van der Waals surface area (Å²) >= 11 is 0. The molecular formula is C52H37N. The third-order valence-corrected chi connectivity index (χ3v) is 12.2. The molecule has 0 spiro atoms. The highest BCUT2D eigenvalue weighted by Gasteiger charge is 2.46. The molecule has 2 aliphatic rings. The van der Waals surface area contributed by atoms with Gasteiger partial charge in [0.25, 0.3) is 0 Å². The first-order valence-corrected chi connectivity index (χ1v) is 18.8. The molecule has 9 aromatic rings. The van der Waals surface area contributed by atoms with E-state index in [1.807, 2.05) is 0 Å². The summed E-state index contributed by atoms with van der Waals surface area (Å²) in [7, 11) is 0. The first-order chi connectivity index (χ1) is 26.2. The number of benzene rings is 8. The molecule has 0 bridgehead atoms. The Hall–Kier alpha value is -6.44. The maximum Gasteiger partial charge on any atom is 0.0713 e. The number of aromatic nitrogens is 1. The van der Waals surface area contributed by atoms with Crippen molar-refractivity contribution in [2.75, 3.05) is 0 Å². The Labute approximate surface area is 310 Å². The van der Waals surface area contributed by atoms with Crippen LogP contribution in [0.3, 0.4) is 0 Å². The zero-order valence-electron chi connectivity index (χ0n) is 29.6. The zero-order valence-corrected chi connectivity index (χ0v) is 29.6. The fraction of sp³-hybridized carbons (Fsp3) is 0.0769. The third-order valence-electron chi connectivity index (χ3n) is 12.2. The van der Waals surface area contributed by atoms with Gasteiger partial charge in [0, 0.05) is 34.3 Å². The van der Waals surface area contributed by atoms with Gasteiger partial charge in [-0.25, -0.2) is 0 Å². The van der Waals surface area contributed by atoms with Crippen molar-refractivity contribution in [1.29, 1.82) is 0 Å². The molecule has 1 atom stereocenters. The summed E-state index contributed by atoms with van der Waals surface area (Å²) < 4.78 is 2.57. The molecule has 1 nitrogen and oxygen atoms in total. The van der Waals surface area contributed by atoms with E-state index < -0.39 is 0 Å². The first-order valence-electron chi connectivity index (χ1n) is 18.8. The van der Waals surface area contributed by atoms with Crippen LogP contribution in [0.1, 0.15) is 44.9 Å². The largest absolute Gasteiger partial charge is 0.340 e. The van der Waals surface area contributed by atoms with E-state index >= 15 is 0 Å². The molecule has 8 aromatic carbocycles. The van der Waals surface area contributed by atoms with Gasteiger partial charge in [-0.15, -0.1) is 0 Å². The summed E-state index contributed by atoms with van der Waals surface area (Å²) in [5.41, 5.74) is 19.6. The second kappa shape index (κ2) is 11.5. The van der Waals surface area contributed by atoms with E-state index in [4.69, 9.17) is 0 Å². The molecule has 2 aliphatic carbocycles. The van der Waals surface area contributed by atoms with Crippen molar-refractivity contribution in [1.82, 2.24) is 4.57 Å². The molecule has 53 heavy (non-hydrogen) atoms. The van der Waals surface area contributed by atoms with Crippen molar-refractivity contribution in [3.05, 3.63) is 227 Å². The Kier molecular flexibility index (Phi) is 6.57. The molecule has 1 heterocycles. The van der Waals surface area contributed by atoms with E-state index in [9.17, 15) is 0 Å². The van der Waals surface area contributed by atoms with Crippen molar-refractivity contribution in [2.45, 2.75) is 24.8 Å². The highest BCUT2D eigenvalue weighted by atomic mass is 15.0. The predicted molar refractivity (Wildman–Crippen MR) is 221 cm³/mol. The van der Waals surface area contributed by atoms with E-state index in [2.05, 4.69) is 200 Å². The number of fused-ring (bicyclic) bond motifs is 9. The van der Waals surface area contributed by atoms with Crippen LogP contribution in [0, 0.1) is 6.92 Å². The summed E-state index contributed by atoms with van der Waals surface area (Å²) in [6.07, 6.45) is 0. The van der Waals surface area contributed by atoms with Crippen LogP contribution in [0.25, 0.3) is 55.2 Å². The van der Waals surface area contributed by atoms with E-state index in [-0.39, 0.29) is 5.41 Å². The summed E-state index contributed by atoms with van der Waals surface area (Å²) in [4.78, 5) is 0. The molecule has 250 valence electrons. The molecule has 0 saturated carbocycles. The smallest absolute Gasteiger partial charge is 0.0713 e. The Balaban J connectivity index is 1.07. The Bertz CT molecular complexity index is 2840. The Morgan fingerprint density at radius 2 is 1.06 bits per heavy atom. The lowest BCUT2D eigenvalue weighted by molar-refractivity contribution is 0.667. The van der Waals surface area contributed by atoms with Gasteiger partial charge in [0.15, 0.2) is 0 Å². The second-order valence-corrected chi connectivity index (χ2v) is 14.8. The Morgan fingerprint density at radius 1 is 0.453 bits per heavy atom. The normalized spacial score (nSPS) is 14.9. The lowest BCUT2D eigenvalue weighted by Gasteiger charge is -2.33. The first kappa shape index (κ1) is 30.2. The van der Waals surface area contributed by atoms with Crippen LogP contribution in [0.4, 0.5) is 0 Å². The number of hydrogen-bond donors (Lipinski definition) is 0. The van der Waals surface area contributed by atoms with Crippen molar-refractivity contribution >= 4 is 21.8 Å². The van der Waals surface area contributed by atoms with Crippen molar-refractivity contribution < 1.29 is 0 Å². The lowest BCUT2D eigenvalue weighted by Crippen LogP contribution is -2.28. The molecular weight excluding hydrogens is 639 g/mol. The van der Waals surface area contributed by atoms with Gasteiger partial charge in [0.1, 0.15) is 0 Å². The fourth-order valence-corrected chi connectivity index (χ4v) is 10.0. The van der Waals surface area contributed by atoms with Crippen LogP contribution in [0.15, 0.2) is 188 Å². The molecule has 0 N–H and O–H groups in total. The molecule has 1 aromatic heterocycles. The van der Waals surface area contributed by atoms with E-state index in [1.165, 1.54) is 94.1 Å². The highest BCUT2D eigenvalue weighted by Crippen LogP contribution is 2.57. The van der Waals surface area contributed by atoms with Gasteiger partial charge in [-0.2, -0.15) is 0 Å². The van der Waals surface area contributed by atoms with Crippen LogP contribution < -0.4 is 0 Å². The topological polar surface area (TPSA) is 4.93 Å². The number of hydrogen-bond acceptors (Lipinski definition) is 0.